The van der Waals surface area contributed by atoms with Gasteiger partial charge in [-0.3, -0.25) is 0 Å². The van der Waals surface area contributed by atoms with E-state index in [1.54, 1.807) is 0 Å². The Morgan fingerprint density at radius 2 is 2.50 bits per heavy atom. The Kier molecular flexibility index (Phi) is 1.44. The summed E-state index contributed by atoms with van der Waals surface area (Å²) in [5.74, 6) is 2.13. The minimum absolute atomic E-state index is 0.0350. The van der Waals surface area contributed by atoms with Crippen molar-refractivity contribution in [3.8, 4) is 0 Å². The third-order valence-corrected chi connectivity index (χ3v) is 4.22. The van der Waals surface area contributed by atoms with E-state index < -0.39 is 0 Å². The fourth-order valence-corrected chi connectivity index (χ4v) is 3.26. The molecule has 0 N–H and O–H groups in total. The van der Waals surface area contributed by atoms with Crippen LogP contribution in [0.2, 0.25) is 0 Å². The fraction of sp³-hybridized carbons (Fsp3) is 0.667. The van der Waals surface area contributed by atoms with Crippen LogP contribution >= 0.6 is 0 Å². The van der Waals surface area contributed by atoms with E-state index in [0.29, 0.717) is 6.10 Å². The molecular formula is C12H14O2. The first-order chi connectivity index (χ1) is 6.73. The monoisotopic (exact) mass is 190 g/mol. The van der Waals surface area contributed by atoms with E-state index in [1.807, 2.05) is 0 Å². The summed E-state index contributed by atoms with van der Waals surface area (Å²) >= 11 is 0. The predicted octanol–water partition coefficient (Wildman–Crippen LogP) is 2.03. The summed E-state index contributed by atoms with van der Waals surface area (Å²) in [5, 5.41) is 0. The molecule has 2 nitrogen and oxygen atoms in total. The molecule has 3 atom stereocenters. The van der Waals surface area contributed by atoms with E-state index in [1.165, 1.54) is 0 Å². The minimum Gasteiger partial charge on any atom is -0.364 e. The van der Waals surface area contributed by atoms with Gasteiger partial charge in [0.15, 0.2) is 0 Å². The maximum absolute atomic E-state index is 10.9. The van der Waals surface area contributed by atoms with Crippen molar-refractivity contribution in [1.29, 1.82) is 0 Å². The molecule has 1 saturated heterocycles. The molecule has 1 heterocycles. The van der Waals surface area contributed by atoms with Crippen molar-refractivity contribution in [2.45, 2.75) is 44.3 Å². The molecule has 0 aromatic heterocycles. The SMILES string of the molecule is C[C@]12C=CC[C@H]3O[C@]31CCCC2=C=O. The topological polar surface area (TPSA) is 29.6 Å². The summed E-state index contributed by atoms with van der Waals surface area (Å²) in [7, 11) is 0. The van der Waals surface area contributed by atoms with Gasteiger partial charge in [-0.1, -0.05) is 12.2 Å². The Balaban J connectivity index is 2.14. The zero-order valence-electron chi connectivity index (χ0n) is 8.38. The van der Waals surface area contributed by atoms with Gasteiger partial charge < -0.3 is 4.74 Å². The molecule has 0 bridgehead atoms. The first kappa shape index (κ1) is 8.46. The van der Waals surface area contributed by atoms with Crippen LogP contribution < -0.4 is 0 Å². The molecule has 0 unspecified atom stereocenters. The van der Waals surface area contributed by atoms with Crippen LogP contribution in [-0.2, 0) is 9.53 Å². The fourth-order valence-electron chi connectivity index (χ4n) is 3.26. The van der Waals surface area contributed by atoms with Gasteiger partial charge in [-0.05, 0) is 32.6 Å². The first-order valence-corrected chi connectivity index (χ1v) is 5.33. The summed E-state index contributed by atoms with van der Waals surface area (Å²) in [4.78, 5) is 10.9. The predicted molar refractivity (Wildman–Crippen MR) is 52.5 cm³/mol. The van der Waals surface area contributed by atoms with E-state index in [4.69, 9.17) is 4.74 Å². The lowest BCUT2D eigenvalue weighted by molar-refractivity contribution is 0.158. The smallest absolute Gasteiger partial charge is 0.124 e. The summed E-state index contributed by atoms with van der Waals surface area (Å²) in [6, 6.07) is 0. The van der Waals surface area contributed by atoms with Crippen LogP contribution in [0.5, 0.6) is 0 Å². The van der Waals surface area contributed by atoms with E-state index in [0.717, 1.165) is 31.3 Å². The number of ether oxygens (including phenoxy) is 1. The van der Waals surface area contributed by atoms with Crippen molar-refractivity contribution in [2.24, 2.45) is 5.41 Å². The van der Waals surface area contributed by atoms with Crippen molar-refractivity contribution < 1.29 is 9.53 Å². The highest BCUT2D eigenvalue weighted by molar-refractivity contribution is 5.59. The lowest BCUT2D eigenvalue weighted by Crippen LogP contribution is -2.42. The first-order valence-electron chi connectivity index (χ1n) is 5.33. The quantitative estimate of drug-likeness (QED) is 0.332. The third-order valence-electron chi connectivity index (χ3n) is 4.22. The summed E-state index contributed by atoms with van der Waals surface area (Å²) < 4.78 is 5.84. The largest absolute Gasteiger partial charge is 0.364 e. The highest BCUT2D eigenvalue weighted by Gasteiger charge is 2.68. The van der Waals surface area contributed by atoms with Crippen molar-refractivity contribution in [2.75, 3.05) is 0 Å². The molecule has 0 amide bonds. The Morgan fingerprint density at radius 3 is 3.29 bits per heavy atom. The second kappa shape index (κ2) is 2.39. The second-order valence-corrected chi connectivity index (χ2v) is 4.77. The molecule has 3 aliphatic rings. The molecule has 1 aliphatic heterocycles. The highest BCUT2D eigenvalue weighted by Crippen LogP contribution is 2.63. The maximum atomic E-state index is 10.9. The van der Waals surface area contributed by atoms with Gasteiger partial charge in [0.25, 0.3) is 0 Å². The Labute approximate surface area is 83.6 Å². The number of carbonyl (C=O) groups excluding carboxylic acids is 1. The van der Waals surface area contributed by atoms with Crippen LogP contribution in [0.3, 0.4) is 0 Å². The van der Waals surface area contributed by atoms with Gasteiger partial charge in [0, 0.05) is 11.0 Å². The normalized spacial score (nSPS) is 49.2. The lowest BCUT2D eigenvalue weighted by Gasteiger charge is -2.40. The molecule has 14 heavy (non-hydrogen) atoms. The number of rotatable bonds is 0. The van der Waals surface area contributed by atoms with Crippen LogP contribution in [-0.4, -0.2) is 17.6 Å². The molecule has 3 rings (SSSR count). The zero-order chi connectivity index (χ0) is 9.81. The zero-order valence-corrected chi connectivity index (χ0v) is 8.38. The number of hydrogen-bond acceptors (Lipinski definition) is 2. The van der Waals surface area contributed by atoms with Crippen LogP contribution in [0, 0.1) is 5.41 Å². The van der Waals surface area contributed by atoms with E-state index in [-0.39, 0.29) is 11.0 Å². The Hall–Kier alpha value is -0.850. The van der Waals surface area contributed by atoms with Crippen LogP contribution in [0.4, 0.5) is 0 Å². The molecule has 2 fully saturated rings. The van der Waals surface area contributed by atoms with Crippen LogP contribution in [0.1, 0.15) is 32.6 Å². The molecule has 0 aromatic rings. The van der Waals surface area contributed by atoms with Crippen molar-refractivity contribution >= 4 is 5.94 Å². The standard InChI is InChI=1S/C12H14O2/c1-11-6-3-5-10-12(11,14-10)7-2-4-9(11)8-13/h3,6,10H,2,4-5,7H2,1H3/t10-,11-,12-/m1/s1. The third kappa shape index (κ3) is 0.749. The lowest BCUT2D eigenvalue weighted by atomic mass is 9.61. The van der Waals surface area contributed by atoms with Crippen LogP contribution in [0.25, 0.3) is 0 Å². The molecule has 2 heteroatoms. The van der Waals surface area contributed by atoms with Crippen molar-refractivity contribution in [3.05, 3.63) is 17.7 Å². The molecule has 2 aliphatic carbocycles. The number of hydrogen-bond donors (Lipinski definition) is 0. The minimum atomic E-state index is -0.157. The van der Waals surface area contributed by atoms with E-state index in [9.17, 15) is 4.79 Å². The van der Waals surface area contributed by atoms with Gasteiger partial charge in [-0.2, -0.15) is 0 Å². The molecular weight excluding hydrogens is 176 g/mol. The average molecular weight is 190 g/mol. The summed E-state index contributed by atoms with van der Waals surface area (Å²) in [5.41, 5.74) is 0.713. The Morgan fingerprint density at radius 1 is 1.64 bits per heavy atom. The molecule has 74 valence electrons. The van der Waals surface area contributed by atoms with Gasteiger partial charge in [0.05, 0.1) is 6.10 Å². The van der Waals surface area contributed by atoms with Gasteiger partial charge in [0.2, 0.25) is 0 Å². The Bertz CT molecular complexity index is 365. The maximum Gasteiger partial charge on any atom is 0.124 e. The van der Waals surface area contributed by atoms with Gasteiger partial charge in [-0.15, -0.1) is 0 Å². The molecule has 0 radical (unpaired) electrons. The van der Waals surface area contributed by atoms with E-state index >= 15 is 0 Å². The molecule has 1 spiro atoms. The van der Waals surface area contributed by atoms with Crippen molar-refractivity contribution in [3.63, 3.8) is 0 Å². The summed E-state index contributed by atoms with van der Waals surface area (Å²) in [6.07, 6.45) is 8.76. The van der Waals surface area contributed by atoms with Gasteiger partial charge in [0.1, 0.15) is 11.5 Å². The second-order valence-electron chi connectivity index (χ2n) is 4.77. The highest BCUT2D eigenvalue weighted by atomic mass is 16.6. The van der Waals surface area contributed by atoms with Crippen LogP contribution in [0.15, 0.2) is 17.7 Å². The summed E-state index contributed by atoms with van der Waals surface area (Å²) in [6.45, 7) is 2.13. The van der Waals surface area contributed by atoms with E-state index in [2.05, 4.69) is 25.0 Å². The van der Waals surface area contributed by atoms with Gasteiger partial charge in [-0.25, -0.2) is 4.79 Å². The molecule has 1 saturated carbocycles. The molecule has 0 aromatic carbocycles. The average Bonchev–Trinajstić information content (AvgIpc) is 2.88. The van der Waals surface area contributed by atoms with Gasteiger partial charge >= 0.3 is 0 Å². The van der Waals surface area contributed by atoms with Crippen molar-refractivity contribution in [1.82, 2.24) is 0 Å². The number of epoxide rings is 1.